The van der Waals surface area contributed by atoms with Crippen LogP contribution in [-0.2, 0) is 6.54 Å². The van der Waals surface area contributed by atoms with Crippen molar-refractivity contribution in [2.75, 3.05) is 24.5 Å². The molecule has 1 aliphatic rings. The Balaban J connectivity index is 1.63. The van der Waals surface area contributed by atoms with Gasteiger partial charge in [0.1, 0.15) is 5.69 Å². The lowest BCUT2D eigenvalue weighted by molar-refractivity contribution is 0.0947. The predicted molar refractivity (Wildman–Crippen MR) is 96.7 cm³/mol. The molecule has 134 valence electrons. The molecule has 1 N–H and O–H groups in total. The summed E-state index contributed by atoms with van der Waals surface area (Å²) in [5.74, 6) is 0.811. The van der Waals surface area contributed by atoms with Gasteiger partial charge in [-0.1, -0.05) is 13.8 Å². The van der Waals surface area contributed by atoms with Crippen molar-refractivity contribution < 1.29 is 4.79 Å². The molecule has 7 heteroatoms. The molecule has 2 aromatic rings. The Hall–Kier alpha value is -2.44. The average Bonchev–Trinajstić information content (AvgIpc) is 3.31. The second-order valence-corrected chi connectivity index (χ2v) is 6.71. The zero-order valence-corrected chi connectivity index (χ0v) is 15.0. The van der Waals surface area contributed by atoms with Gasteiger partial charge in [-0.05, 0) is 37.3 Å². The van der Waals surface area contributed by atoms with Crippen LogP contribution in [0.5, 0.6) is 0 Å². The lowest BCUT2D eigenvalue weighted by Gasteiger charge is -2.18. The molecule has 0 aromatic carbocycles. The van der Waals surface area contributed by atoms with E-state index in [9.17, 15) is 4.79 Å². The Morgan fingerprint density at radius 1 is 1.28 bits per heavy atom. The molecular formula is C18H26N6O. The van der Waals surface area contributed by atoms with Crippen molar-refractivity contribution in [2.24, 2.45) is 0 Å². The van der Waals surface area contributed by atoms with Crippen molar-refractivity contribution in [3.63, 3.8) is 0 Å². The minimum atomic E-state index is -0.134. The molecule has 1 saturated heterocycles. The quantitative estimate of drug-likeness (QED) is 0.781. The fraction of sp³-hybridized carbons (Fsp3) is 0.556. The first-order valence-electron chi connectivity index (χ1n) is 9.03. The van der Waals surface area contributed by atoms with Gasteiger partial charge in [0.15, 0.2) is 0 Å². The predicted octanol–water partition coefficient (Wildman–Crippen LogP) is 2.22. The highest BCUT2D eigenvalue weighted by Gasteiger charge is 2.19. The number of carbonyl (C=O) groups excluding carboxylic acids is 1. The molecular weight excluding hydrogens is 316 g/mol. The molecule has 0 radical (unpaired) electrons. The van der Waals surface area contributed by atoms with Gasteiger partial charge in [-0.15, -0.1) is 0 Å². The lowest BCUT2D eigenvalue weighted by atomic mass is 10.1. The molecule has 1 aliphatic heterocycles. The standard InChI is InChI=1S/C18H26N6O/c1-14(2)15-13-16(22-18(21-15)23-9-3-4-10-23)17(25)19-7-5-11-24-12-6-8-20-24/h6,8,12-14H,3-5,7,9-11H2,1-2H3,(H,19,25). The lowest BCUT2D eigenvalue weighted by Crippen LogP contribution is -2.28. The van der Waals surface area contributed by atoms with Gasteiger partial charge in [0.25, 0.3) is 5.91 Å². The van der Waals surface area contributed by atoms with Crippen molar-refractivity contribution in [3.05, 3.63) is 35.9 Å². The van der Waals surface area contributed by atoms with E-state index in [0.29, 0.717) is 18.2 Å². The van der Waals surface area contributed by atoms with Gasteiger partial charge in [0, 0.05) is 44.3 Å². The number of amides is 1. The Morgan fingerprint density at radius 2 is 2.08 bits per heavy atom. The molecule has 25 heavy (non-hydrogen) atoms. The number of hydrogen-bond acceptors (Lipinski definition) is 5. The van der Waals surface area contributed by atoms with Crippen molar-refractivity contribution >= 4 is 11.9 Å². The Labute approximate surface area is 148 Å². The molecule has 1 amide bonds. The monoisotopic (exact) mass is 342 g/mol. The number of aromatic nitrogens is 4. The van der Waals surface area contributed by atoms with E-state index in [1.165, 1.54) is 0 Å². The minimum Gasteiger partial charge on any atom is -0.351 e. The van der Waals surface area contributed by atoms with E-state index < -0.39 is 0 Å². The van der Waals surface area contributed by atoms with Crippen LogP contribution in [0.4, 0.5) is 5.95 Å². The summed E-state index contributed by atoms with van der Waals surface area (Å²) < 4.78 is 1.86. The third-order valence-corrected chi connectivity index (χ3v) is 4.36. The van der Waals surface area contributed by atoms with Gasteiger partial charge in [-0.3, -0.25) is 9.48 Å². The Kier molecular flexibility index (Phi) is 5.63. The smallest absolute Gasteiger partial charge is 0.270 e. The average molecular weight is 342 g/mol. The number of nitrogens with one attached hydrogen (secondary N) is 1. The number of anilines is 1. The van der Waals surface area contributed by atoms with Crippen LogP contribution >= 0.6 is 0 Å². The topological polar surface area (TPSA) is 75.9 Å². The molecule has 2 aromatic heterocycles. The maximum atomic E-state index is 12.5. The summed E-state index contributed by atoms with van der Waals surface area (Å²) in [6.45, 7) is 7.48. The van der Waals surface area contributed by atoms with E-state index in [1.54, 1.807) is 6.20 Å². The molecule has 0 aliphatic carbocycles. The van der Waals surface area contributed by atoms with Crippen LogP contribution in [0.1, 0.15) is 55.2 Å². The van der Waals surface area contributed by atoms with Crippen molar-refractivity contribution in [3.8, 4) is 0 Å². The van der Waals surface area contributed by atoms with Crippen molar-refractivity contribution in [1.82, 2.24) is 25.1 Å². The number of hydrogen-bond donors (Lipinski definition) is 1. The van der Waals surface area contributed by atoms with E-state index in [4.69, 9.17) is 0 Å². The highest BCUT2D eigenvalue weighted by atomic mass is 16.1. The zero-order valence-electron chi connectivity index (χ0n) is 15.0. The SMILES string of the molecule is CC(C)c1cc(C(=O)NCCCn2cccn2)nc(N2CCCC2)n1. The summed E-state index contributed by atoms with van der Waals surface area (Å²) in [7, 11) is 0. The number of rotatable bonds is 7. The minimum absolute atomic E-state index is 0.134. The molecule has 3 heterocycles. The summed E-state index contributed by atoms with van der Waals surface area (Å²) in [4.78, 5) is 23.8. The van der Waals surface area contributed by atoms with Crippen LogP contribution < -0.4 is 10.2 Å². The molecule has 0 atom stereocenters. The molecule has 0 bridgehead atoms. The summed E-state index contributed by atoms with van der Waals surface area (Å²) >= 11 is 0. The van der Waals surface area contributed by atoms with Gasteiger partial charge in [0.2, 0.25) is 5.95 Å². The van der Waals surface area contributed by atoms with Gasteiger partial charge in [-0.25, -0.2) is 9.97 Å². The van der Waals surface area contributed by atoms with Crippen LogP contribution in [0, 0.1) is 0 Å². The highest BCUT2D eigenvalue weighted by Crippen LogP contribution is 2.20. The Bertz CT molecular complexity index is 692. The van der Waals surface area contributed by atoms with E-state index in [2.05, 4.69) is 39.1 Å². The third kappa shape index (κ3) is 4.55. The second-order valence-electron chi connectivity index (χ2n) is 6.71. The summed E-state index contributed by atoms with van der Waals surface area (Å²) in [6.07, 6.45) is 6.82. The van der Waals surface area contributed by atoms with Gasteiger partial charge in [0.05, 0.1) is 0 Å². The van der Waals surface area contributed by atoms with Gasteiger partial charge in [-0.2, -0.15) is 5.10 Å². The molecule has 0 spiro atoms. The first-order valence-corrected chi connectivity index (χ1v) is 9.03. The fourth-order valence-electron chi connectivity index (χ4n) is 2.89. The van der Waals surface area contributed by atoms with E-state index in [-0.39, 0.29) is 11.8 Å². The first-order chi connectivity index (χ1) is 12.1. The molecule has 0 saturated carbocycles. The van der Waals surface area contributed by atoms with Crippen LogP contribution in [0.2, 0.25) is 0 Å². The number of nitrogens with zero attached hydrogens (tertiary/aromatic N) is 5. The van der Waals surface area contributed by atoms with Gasteiger partial charge >= 0.3 is 0 Å². The van der Waals surface area contributed by atoms with Gasteiger partial charge < -0.3 is 10.2 Å². The zero-order chi connectivity index (χ0) is 17.6. The van der Waals surface area contributed by atoms with E-state index >= 15 is 0 Å². The maximum absolute atomic E-state index is 12.5. The number of carbonyl (C=O) groups is 1. The normalized spacial score (nSPS) is 14.3. The summed E-state index contributed by atoms with van der Waals surface area (Å²) in [5, 5.41) is 7.11. The summed E-state index contributed by atoms with van der Waals surface area (Å²) in [6, 6.07) is 3.71. The van der Waals surface area contributed by atoms with Crippen LogP contribution in [0.3, 0.4) is 0 Å². The van der Waals surface area contributed by atoms with Crippen molar-refractivity contribution in [2.45, 2.75) is 45.6 Å². The third-order valence-electron chi connectivity index (χ3n) is 4.36. The van der Waals surface area contributed by atoms with Crippen LogP contribution in [-0.4, -0.2) is 45.3 Å². The molecule has 3 rings (SSSR count). The largest absolute Gasteiger partial charge is 0.351 e. The summed E-state index contributed by atoms with van der Waals surface area (Å²) in [5.41, 5.74) is 1.37. The van der Waals surface area contributed by atoms with E-state index in [0.717, 1.165) is 44.6 Å². The van der Waals surface area contributed by atoms with Crippen LogP contribution in [0.25, 0.3) is 0 Å². The Morgan fingerprint density at radius 3 is 2.76 bits per heavy atom. The molecule has 1 fully saturated rings. The first kappa shape index (κ1) is 17.4. The fourth-order valence-corrected chi connectivity index (χ4v) is 2.89. The van der Waals surface area contributed by atoms with Crippen LogP contribution in [0.15, 0.2) is 24.5 Å². The molecule has 7 nitrogen and oxygen atoms in total. The maximum Gasteiger partial charge on any atom is 0.270 e. The molecule has 0 unspecified atom stereocenters. The highest BCUT2D eigenvalue weighted by molar-refractivity contribution is 5.92. The number of aryl methyl sites for hydroxylation is 1. The van der Waals surface area contributed by atoms with Crippen molar-refractivity contribution in [1.29, 1.82) is 0 Å². The second kappa shape index (κ2) is 8.09. The van der Waals surface area contributed by atoms with E-state index in [1.807, 2.05) is 23.0 Å².